The van der Waals surface area contributed by atoms with Gasteiger partial charge in [-0.3, -0.25) is 4.79 Å². The zero-order chi connectivity index (χ0) is 8.81. The summed E-state index contributed by atoms with van der Waals surface area (Å²) in [5.41, 5.74) is 1.50. The second-order valence-electron chi connectivity index (χ2n) is 3.36. The van der Waals surface area contributed by atoms with Crippen LogP contribution in [0, 0.1) is 0 Å². The van der Waals surface area contributed by atoms with E-state index in [1.54, 1.807) is 13.0 Å². The average molecular weight is 164 g/mol. The first-order chi connectivity index (χ1) is 5.79. The molecular weight excluding hydrogens is 148 g/mol. The first-order valence-electron chi connectivity index (χ1n) is 4.66. The van der Waals surface area contributed by atoms with E-state index in [1.807, 2.05) is 6.08 Å². The summed E-state index contributed by atoms with van der Waals surface area (Å²) in [7, 11) is 0. The molecule has 1 rings (SSSR count). The minimum Gasteiger partial charge on any atom is -0.295 e. The number of hydrogen-bond donors (Lipinski definition) is 0. The Kier molecular flexibility index (Phi) is 3.78. The molecule has 0 bridgehead atoms. The summed E-state index contributed by atoms with van der Waals surface area (Å²) in [6, 6.07) is 0. The predicted octanol–water partition coefficient (Wildman–Crippen LogP) is 3.02. The molecule has 0 saturated heterocycles. The van der Waals surface area contributed by atoms with E-state index < -0.39 is 0 Å². The number of allylic oxidation sites excluding steroid dienone is 4. The van der Waals surface area contributed by atoms with Crippen molar-refractivity contribution in [2.75, 3.05) is 0 Å². The lowest BCUT2D eigenvalue weighted by molar-refractivity contribution is -0.112. The van der Waals surface area contributed by atoms with Gasteiger partial charge in [0.1, 0.15) is 0 Å². The van der Waals surface area contributed by atoms with Crippen LogP contribution in [0.1, 0.15) is 39.0 Å². The van der Waals surface area contributed by atoms with Crippen molar-refractivity contribution in [3.63, 3.8) is 0 Å². The lowest BCUT2D eigenvalue weighted by Crippen LogP contribution is -1.92. The zero-order valence-electron chi connectivity index (χ0n) is 7.68. The third kappa shape index (κ3) is 3.51. The molecule has 0 amide bonds. The molecule has 0 aliphatic heterocycles. The summed E-state index contributed by atoms with van der Waals surface area (Å²) in [6.07, 6.45) is 12.1. The molecular formula is C11H16O. The quantitative estimate of drug-likeness (QED) is 0.573. The number of hydrogen-bond acceptors (Lipinski definition) is 1. The minimum atomic E-state index is 0.127. The van der Waals surface area contributed by atoms with Crippen LogP contribution in [0.25, 0.3) is 0 Å². The predicted molar refractivity (Wildman–Crippen MR) is 51.0 cm³/mol. The maximum Gasteiger partial charge on any atom is 0.152 e. The van der Waals surface area contributed by atoms with Crippen molar-refractivity contribution >= 4 is 5.78 Å². The van der Waals surface area contributed by atoms with Crippen molar-refractivity contribution in [3.05, 3.63) is 23.8 Å². The molecule has 0 spiro atoms. The first kappa shape index (κ1) is 9.24. The van der Waals surface area contributed by atoms with Crippen LogP contribution >= 0.6 is 0 Å². The second-order valence-corrected chi connectivity index (χ2v) is 3.36. The third-order valence-electron chi connectivity index (χ3n) is 2.16. The van der Waals surface area contributed by atoms with E-state index in [0.717, 1.165) is 0 Å². The Labute approximate surface area is 74.2 Å². The second kappa shape index (κ2) is 4.91. The van der Waals surface area contributed by atoms with Crippen LogP contribution in [0.3, 0.4) is 0 Å². The van der Waals surface area contributed by atoms with Crippen molar-refractivity contribution in [2.45, 2.75) is 39.0 Å². The highest BCUT2D eigenvalue weighted by molar-refractivity contribution is 5.87. The van der Waals surface area contributed by atoms with Gasteiger partial charge in [-0.05, 0) is 38.7 Å². The fraction of sp³-hybridized carbons (Fsp3) is 0.545. The zero-order valence-corrected chi connectivity index (χ0v) is 7.68. The van der Waals surface area contributed by atoms with E-state index in [1.165, 1.54) is 37.7 Å². The van der Waals surface area contributed by atoms with E-state index in [-0.39, 0.29) is 5.78 Å². The Hall–Kier alpha value is -0.850. The Bertz CT molecular complexity index is 203. The van der Waals surface area contributed by atoms with E-state index >= 15 is 0 Å². The van der Waals surface area contributed by atoms with Gasteiger partial charge in [0.05, 0.1) is 0 Å². The molecule has 0 unspecified atom stereocenters. The Balaban J connectivity index is 2.39. The van der Waals surface area contributed by atoms with Crippen LogP contribution in [-0.2, 0) is 4.79 Å². The highest BCUT2D eigenvalue weighted by atomic mass is 16.1. The van der Waals surface area contributed by atoms with Gasteiger partial charge < -0.3 is 0 Å². The Morgan fingerprint density at radius 3 is 2.50 bits per heavy atom. The van der Waals surface area contributed by atoms with Gasteiger partial charge in [0.2, 0.25) is 0 Å². The number of rotatable bonds is 2. The lowest BCUT2D eigenvalue weighted by Gasteiger charge is -2.11. The molecule has 0 N–H and O–H groups in total. The van der Waals surface area contributed by atoms with Gasteiger partial charge in [-0.1, -0.05) is 24.1 Å². The molecule has 1 aliphatic rings. The maximum absolute atomic E-state index is 10.6. The van der Waals surface area contributed by atoms with Crippen LogP contribution in [0.4, 0.5) is 0 Å². The fourth-order valence-electron chi connectivity index (χ4n) is 1.49. The van der Waals surface area contributed by atoms with Crippen molar-refractivity contribution in [1.29, 1.82) is 0 Å². The summed E-state index contributed by atoms with van der Waals surface area (Å²) in [5.74, 6) is 0.127. The molecule has 66 valence electrons. The Morgan fingerprint density at radius 2 is 1.92 bits per heavy atom. The average Bonchev–Trinajstić information content (AvgIpc) is 2.05. The molecule has 12 heavy (non-hydrogen) atoms. The number of carbonyl (C=O) groups excluding carboxylic acids is 1. The maximum atomic E-state index is 10.6. The van der Waals surface area contributed by atoms with E-state index in [4.69, 9.17) is 0 Å². The summed E-state index contributed by atoms with van der Waals surface area (Å²) in [5, 5.41) is 0. The fourth-order valence-corrected chi connectivity index (χ4v) is 1.49. The van der Waals surface area contributed by atoms with Crippen molar-refractivity contribution in [1.82, 2.24) is 0 Å². The van der Waals surface area contributed by atoms with E-state index in [9.17, 15) is 4.79 Å². The summed E-state index contributed by atoms with van der Waals surface area (Å²) in [6.45, 7) is 1.58. The highest BCUT2D eigenvalue weighted by Crippen LogP contribution is 2.22. The molecule has 0 atom stereocenters. The largest absolute Gasteiger partial charge is 0.295 e. The molecule has 1 saturated carbocycles. The SMILES string of the molecule is CC(=O)/C=C/C=C1CCCCC1. The summed E-state index contributed by atoms with van der Waals surface area (Å²) in [4.78, 5) is 10.6. The normalized spacial score (nSPS) is 18.2. The molecule has 0 radical (unpaired) electrons. The van der Waals surface area contributed by atoms with Crippen LogP contribution in [-0.4, -0.2) is 5.78 Å². The topological polar surface area (TPSA) is 17.1 Å². The first-order valence-corrected chi connectivity index (χ1v) is 4.66. The van der Waals surface area contributed by atoms with Gasteiger partial charge in [0, 0.05) is 0 Å². The third-order valence-corrected chi connectivity index (χ3v) is 2.16. The van der Waals surface area contributed by atoms with E-state index in [0.29, 0.717) is 0 Å². The molecule has 0 aromatic carbocycles. The van der Waals surface area contributed by atoms with Crippen LogP contribution < -0.4 is 0 Å². The van der Waals surface area contributed by atoms with Crippen LogP contribution in [0.15, 0.2) is 23.8 Å². The molecule has 0 heterocycles. The highest BCUT2D eigenvalue weighted by Gasteiger charge is 2.02. The van der Waals surface area contributed by atoms with Crippen molar-refractivity contribution in [2.24, 2.45) is 0 Å². The molecule has 1 nitrogen and oxygen atoms in total. The Morgan fingerprint density at radius 1 is 1.25 bits per heavy atom. The van der Waals surface area contributed by atoms with Crippen LogP contribution in [0.5, 0.6) is 0 Å². The number of carbonyl (C=O) groups is 1. The monoisotopic (exact) mass is 164 g/mol. The van der Waals surface area contributed by atoms with Gasteiger partial charge in [-0.15, -0.1) is 0 Å². The van der Waals surface area contributed by atoms with E-state index in [2.05, 4.69) is 6.08 Å². The number of ketones is 1. The smallest absolute Gasteiger partial charge is 0.152 e. The van der Waals surface area contributed by atoms with Gasteiger partial charge in [-0.25, -0.2) is 0 Å². The van der Waals surface area contributed by atoms with Crippen molar-refractivity contribution in [3.8, 4) is 0 Å². The van der Waals surface area contributed by atoms with Gasteiger partial charge in [0.25, 0.3) is 0 Å². The molecule has 0 aromatic rings. The molecule has 0 aromatic heterocycles. The summed E-state index contributed by atoms with van der Waals surface area (Å²) >= 11 is 0. The molecule has 1 fully saturated rings. The van der Waals surface area contributed by atoms with Crippen molar-refractivity contribution < 1.29 is 4.79 Å². The molecule has 1 aliphatic carbocycles. The van der Waals surface area contributed by atoms with Gasteiger partial charge in [-0.2, -0.15) is 0 Å². The lowest BCUT2D eigenvalue weighted by atomic mass is 9.95. The molecule has 1 heteroatoms. The minimum absolute atomic E-state index is 0.127. The van der Waals surface area contributed by atoms with Crippen LogP contribution in [0.2, 0.25) is 0 Å². The van der Waals surface area contributed by atoms with Gasteiger partial charge >= 0.3 is 0 Å². The summed E-state index contributed by atoms with van der Waals surface area (Å²) < 4.78 is 0. The van der Waals surface area contributed by atoms with Gasteiger partial charge in [0.15, 0.2) is 5.78 Å². The standard InChI is InChI=1S/C11H16O/c1-10(12)6-5-9-11-7-3-2-4-8-11/h5-6,9H,2-4,7-8H2,1H3/b6-5+.